The Labute approximate surface area is 124 Å². The molecule has 1 saturated heterocycles. The number of methoxy groups -OCH3 is 2. The van der Waals surface area contributed by atoms with Crippen molar-refractivity contribution in [1.82, 2.24) is 15.0 Å². The van der Waals surface area contributed by atoms with Gasteiger partial charge in [-0.15, -0.1) is 5.10 Å². The molecule has 21 heavy (non-hydrogen) atoms. The molecule has 1 aliphatic heterocycles. The minimum absolute atomic E-state index is 0.0912. The Morgan fingerprint density at radius 3 is 2.81 bits per heavy atom. The third-order valence-corrected chi connectivity index (χ3v) is 3.69. The van der Waals surface area contributed by atoms with Crippen LogP contribution in [0.2, 0.25) is 0 Å². The lowest BCUT2D eigenvalue weighted by molar-refractivity contribution is -0.0235. The van der Waals surface area contributed by atoms with Crippen molar-refractivity contribution in [2.45, 2.75) is 51.4 Å². The Hall–Kier alpha value is -1.47. The molecule has 0 saturated carbocycles. The number of hydrogen-bond donors (Lipinski definition) is 0. The van der Waals surface area contributed by atoms with Crippen LogP contribution < -0.4 is 0 Å². The fourth-order valence-corrected chi connectivity index (χ4v) is 2.58. The summed E-state index contributed by atoms with van der Waals surface area (Å²) in [6.07, 6.45) is 2.64. The van der Waals surface area contributed by atoms with Crippen molar-refractivity contribution >= 4 is 5.97 Å². The SMILES string of the molecule is COCCc1c(C(=O)OC)nnn1CC1CCC(C)(C)O1. The van der Waals surface area contributed by atoms with Crippen LogP contribution in [0.1, 0.15) is 42.9 Å². The van der Waals surface area contributed by atoms with Gasteiger partial charge >= 0.3 is 5.97 Å². The maximum Gasteiger partial charge on any atom is 0.360 e. The van der Waals surface area contributed by atoms with Gasteiger partial charge in [0.25, 0.3) is 0 Å². The molecule has 7 heteroatoms. The van der Waals surface area contributed by atoms with Crippen molar-refractivity contribution in [2.75, 3.05) is 20.8 Å². The molecule has 0 aliphatic carbocycles. The smallest absolute Gasteiger partial charge is 0.360 e. The van der Waals surface area contributed by atoms with E-state index in [-0.39, 0.29) is 17.4 Å². The van der Waals surface area contributed by atoms with Gasteiger partial charge in [0.15, 0.2) is 5.69 Å². The molecule has 0 spiro atoms. The summed E-state index contributed by atoms with van der Waals surface area (Å²) < 4.78 is 17.5. The Morgan fingerprint density at radius 1 is 1.48 bits per heavy atom. The molecule has 0 amide bonds. The molecule has 1 fully saturated rings. The minimum atomic E-state index is -0.472. The van der Waals surface area contributed by atoms with Crippen LogP contribution in [0.3, 0.4) is 0 Å². The number of hydrogen-bond acceptors (Lipinski definition) is 6. The summed E-state index contributed by atoms with van der Waals surface area (Å²) >= 11 is 0. The van der Waals surface area contributed by atoms with Crippen LogP contribution in [0, 0.1) is 0 Å². The van der Waals surface area contributed by atoms with Gasteiger partial charge in [-0.3, -0.25) is 0 Å². The van der Waals surface area contributed by atoms with Crippen molar-refractivity contribution in [3.8, 4) is 0 Å². The summed E-state index contributed by atoms with van der Waals surface area (Å²) in [6.45, 7) is 5.25. The second-order valence-corrected chi connectivity index (χ2v) is 5.84. The van der Waals surface area contributed by atoms with Gasteiger partial charge in [-0.25, -0.2) is 9.48 Å². The molecule has 7 nitrogen and oxygen atoms in total. The van der Waals surface area contributed by atoms with Crippen LogP contribution in [-0.2, 0) is 27.2 Å². The van der Waals surface area contributed by atoms with Gasteiger partial charge in [-0.2, -0.15) is 0 Å². The summed E-state index contributed by atoms with van der Waals surface area (Å²) in [5, 5.41) is 8.03. The van der Waals surface area contributed by atoms with Gasteiger partial charge in [-0.05, 0) is 26.7 Å². The van der Waals surface area contributed by atoms with Crippen molar-refractivity contribution in [1.29, 1.82) is 0 Å². The van der Waals surface area contributed by atoms with E-state index in [1.165, 1.54) is 7.11 Å². The van der Waals surface area contributed by atoms with Crippen LogP contribution in [0.15, 0.2) is 0 Å². The number of ether oxygens (including phenoxy) is 3. The van der Waals surface area contributed by atoms with Gasteiger partial charge in [0.05, 0.1) is 37.7 Å². The lowest BCUT2D eigenvalue weighted by Crippen LogP contribution is -2.24. The van der Waals surface area contributed by atoms with Crippen molar-refractivity contribution in [3.63, 3.8) is 0 Å². The fraction of sp³-hybridized carbons (Fsp3) is 0.786. The molecule has 118 valence electrons. The number of carbonyl (C=O) groups excluding carboxylic acids is 1. The Bertz CT molecular complexity index is 498. The standard InChI is InChI=1S/C14H23N3O4/c1-14(2)7-5-10(21-14)9-17-11(6-8-19-3)12(15-16-17)13(18)20-4/h10H,5-9H2,1-4H3. The van der Waals surface area contributed by atoms with E-state index in [2.05, 4.69) is 24.2 Å². The molecule has 0 radical (unpaired) electrons. The van der Waals surface area contributed by atoms with Gasteiger partial charge in [0.2, 0.25) is 0 Å². The predicted molar refractivity (Wildman–Crippen MR) is 75.1 cm³/mol. The lowest BCUT2D eigenvalue weighted by atomic mass is 10.1. The third-order valence-electron chi connectivity index (χ3n) is 3.69. The van der Waals surface area contributed by atoms with Crippen molar-refractivity contribution in [3.05, 3.63) is 11.4 Å². The van der Waals surface area contributed by atoms with Crippen LogP contribution in [0.25, 0.3) is 0 Å². The van der Waals surface area contributed by atoms with E-state index in [1.54, 1.807) is 11.8 Å². The molecule has 1 aromatic heterocycles. The Kier molecular flexibility index (Phi) is 4.95. The van der Waals surface area contributed by atoms with E-state index in [9.17, 15) is 4.79 Å². The monoisotopic (exact) mass is 297 g/mol. The number of rotatable bonds is 6. The normalized spacial score (nSPS) is 20.7. The van der Waals surface area contributed by atoms with E-state index < -0.39 is 5.97 Å². The average Bonchev–Trinajstić information content (AvgIpc) is 2.99. The molecular formula is C14H23N3O4. The quantitative estimate of drug-likeness (QED) is 0.735. The van der Waals surface area contributed by atoms with Crippen LogP contribution >= 0.6 is 0 Å². The second kappa shape index (κ2) is 6.53. The van der Waals surface area contributed by atoms with Gasteiger partial charge in [-0.1, -0.05) is 5.21 Å². The van der Waals surface area contributed by atoms with E-state index in [0.717, 1.165) is 18.5 Å². The average molecular weight is 297 g/mol. The Balaban J connectivity index is 2.14. The topological polar surface area (TPSA) is 75.5 Å². The van der Waals surface area contributed by atoms with Crippen LogP contribution in [0.4, 0.5) is 0 Å². The number of nitrogens with zero attached hydrogens (tertiary/aromatic N) is 3. The third kappa shape index (κ3) is 3.79. The highest BCUT2D eigenvalue weighted by atomic mass is 16.5. The highest BCUT2D eigenvalue weighted by Crippen LogP contribution is 2.30. The first-order valence-electron chi connectivity index (χ1n) is 7.14. The van der Waals surface area contributed by atoms with E-state index in [4.69, 9.17) is 14.2 Å². The molecule has 1 unspecified atom stereocenters. The van der Waals surface area contributed by atoms with Gasteiger partial charge in [0.1, 0.15) is 0 Å². The van der Waals surface area contributed by atoms with Crippen LogP contribution in [-0.4, -0.2) is 53.5 Å². The number of aromatic nitrogens is 3. The molecule has 0 bridgehead atoms. The first kappa shape index (κ1) is 15.9. The molecule has 0 aromatic carbocycles. The summed E-state index contributed by atoms with van der Waals surface area (Å²) in [4.78, 5) is 11.7. The highest BCUT2D eigenvalue weighted by Gasteiger charge is 2.33. The predicted octanol–water partition coefficient (Wildman–Crippen LogP) is 1.21. The zero-order valence-electron chi connectivity index (χ0n) is 13.1. The molecular weight excluding hydrogens is 274 g/mol. The van der Waals surface area contributed by atoms with Crippen LogP contribution in [0.5, 0.6) is 0 Å². The number of esters is 1. The zero-order valence-corrected chi connectivity index (χ0v) is 13.1. The van der Waals surface area contributed by atoms with E-state index in [1.807, 2.05) is 0 Å². The molecule has 2 rings (SSSR count). The summed E-state index contributed by atoms with van der Waals surface area (Å²) in [6, 6.07) is 0. The molecule has 1 aliphatic rings. The molecule has 1 atom stereocenters. The summed E-state index contributed by atoms with van der Waals surface area (Å²) in [5.74, 6) is -0.472. The first-order valence-corrected chi connectivity index (χ1v) is 7.14. The lowest BCUT2D eigenvalue weighted by Gasteiger charge is -2.19. The maximum atomic E-state index is 11.7. The van der Waals surface area contributed by atoms with E-state index in [0.29, 0.717) is 19.6 Å². The molecule has 1 aromatic rings. The number of carbonyl (C=O) groups is 1. The summed E-state index contributed by atoms with van der Waals surface area (Å²) in [7, 11) is 2.96. The maximum absolute atomic E-state index is 11.7. The Morgan fingerprint density at radius 2 is 2.24 bits per heavy atom. The van der Waals surface area contributed by atoms with Gasteiger partial charge < -0.3 is 14.2 Å². The zero-order chi connectivity index (χ0) is 15.5. The summed E-state index contributed by atoms with van der Waals surface area (Å²) in [5.41, 5.74) is 0.896. The van der Waals surface area contributed by atoms with Crippen molar-refractivity contribution < 1.29 is 19.0 Å². The first-order chi connectivity index (χ1) is 9.96. The molecule has 0 N–H and O–H groups in total. The van der Waals surface area contributed by atoms with E-state index >= 15 is 0 Å². The highest BCUT2D eigenvalue weighted by molar-refractivity contribution is 5.88. The molecule has 2 heterocycles. The fourth-order valence-electron chi connectivity index (χ4n) is 2.58. The minimum Gasteiger partial charge on any atom is -0.464 e. The van der Waals surface area contributed by atoms with Gasteiger partial charge in [0, 0.05) is 13.5 Å². The largest absolute Gasteiger partial charge is 0.464 e. The van der Waals surface area contributed by atoms with Crippen molar-refractivity contribution in [2.24, 2.45) is 0 Å². The second-order valence-electron chi connectivity index (χ2n) is 5.84.